The Morgan fingerprint density at radius 3 is 2.57 bits per heavy atom. The van der Waals surface area contributed by atoms with E-state index in [1.54, 1.807) is 30.3 Å². The molecule has 5 nitrogen and oxygen atoms in total. The third-order valence-corrected chi connectivity index (χ3v) is 3.93. The second-order valence-corrected chi connectivity index (χ2v) is 5.54. The Bertz CT molecular complexity index is 856. The minimum absolute atomic E-state index is 0.174. The van der Waals surface area contributed by atoms with Gasteiger partial charge >= 0.3 is 5.97 Å². The average molecular weight is 327 g/mol. The number of hydrogen-bond acceptors (Lipinski definition) is 5. The summed E-state index contributed by atoms with van der Waals surface area (Å²) in [5.74, 6) is -1.35. The van der Waals surface area contributed by atoms with Crippen molar-refractivity contribution in [2.75, 3.05) is 0 Å². The standard InChI is InChI=1S/C16H10FN3O2S/c17-11-7-5-10(6-8-11)13-9-18-20-16(19-13)23-14-4-2-1-3-12(14)15(21)22/h1-9H,(H,21,22). The number of nitrogens with zero attached hydrogens (tertiary/aromatic N) is 3. The molecule has 0 fully saturated rings. The number of aromatic nitrogens is 3. The Morgan fingerprint density at radius 1 is 1.09 bits per heavy atom. The molecule has 3 rings (SSSR count). The molecule has 0 saturated heterocycles. The molecule has 2 aromatic carbocycles. The molecular formula is C16H10FN3O2S. The van der Waals surface area contributed by atoms with E-state index in [9.17, 15) is 14.3 Å². The van der Waals surface area contributed by atoms with E-state index < -0.39 is 5.97 Å². The van der Waals surface area contributed by atoms with Crippen LogP contribution in [0.1, 0.15) is 10.4 Å². The molecule has 0 radical (unpaired) electrons. The summed E-state index contributed by atoms with van der Waals surface area (Å²) in [5, 5.41) is 17.3. The van der Waals surface area contributed by atoms with Crippen molar-refractivity contribution in [3.05, 3.63) is 66.1 Å². The number of aromatic carboxylic acids is 1. The maximum absolute atomic E-state index is 13.0. The molecule has 1 heterocycles. The fraction of sp³-hybridized carbons (Fsp3) is 0. The fourth-order valence-corrected chi connectivity index (χ4v) is 2.76. The zero-order chi connectivity index (χ0) is 16.2. The molecule has 3 aromatic rings. The smallest absolute Gasteiger partial charge is 0.336 e. The first kappa shape index (κ1) is 15.1. The van der Waals surface area contributed by atoms with Crippen LogP contribution in [-0.4, -0.2) is 26.3 Å². The van der Waals surface area contributed by atoms with Crippen LogP contribution in [0.25, 0.3) is 11.3 Å². The Balaban J connectivity index is 1.92. The average Bonchev–Trinajstić information content (AvgIpc) is 2.56. The summed E-state index contributed by atoms with van der Waals surface area (Å²) in [5.41, 5.74) is 1.42. The number of carboxylic acid groups (broad SMARTS) is 1. The number of carbonyl (C=O) groups is 1. The number of carboxylic acids is 1. The van der Waals surface area contributed by atoms with Crippen LogP contribution in [0.5, 0.6) is 0 Å². The van der Waals surface area contributed by atoms with E-state index in [-0.39, 0.29) is 11.4 Å². The quantitative estimate of drug-likeness (QED) is 0.790. The first-order valence-electron chi connectivity index (χ1n) is 6.59. The van der Waals surface area contributed by atoms with Crippen molar-refractivity contribution in [2.45, 2.75) is 10.1 Å². The van der Waals surface area contributed by atoms with Crippen molar-refractivity contribution >= 4 is 17.7 Å². The van der Waals surface area contributed by atoms with Crippen molar-refractivity contribution < 1.29 is 14.3 Å². The number of rotatable bonds is 4. The van der Waals surface area contributed by atoms with Gasteiger partial charge in [0.25, 0.3) is 0 Å². The first-order valence-corrected chi connectivity index (χ1v) is 7.41. The highest BCUT2D eigenvalue weighted by Gasteiger charge is 2.12. The van der Waals surface area contributed by atoms with Gasteiger partial charge in [-0.3, -0.25) is 0 Å². The number of benzene rings is 2. The summed E-state index contributed by atoms with van der Waals surface area (Å²) in [6.07, 6.45) is 1.47. The van der Waals surface area contributed by atoms with Gasteiger partial charge in [-0.1, -0.05) is 12.1 Å². The number of hydrogen-bond donors (Lipinski definition) is 1. The van der Waals surface area contributed by atoms with Gasteiger partial charge in [-0.2, -0.15) is 5.10 Å². The predicted octanol–water partition coefficient (Wildman–Crippen LogP) is 3.53. The highest BCUT2D eigenvalue weighted by molar-refractivity contribution is 7.99. The van der Waals surface area contributed by atoms with E-state index >= 15 is 0 Å². The van der Waals surface area contributed by atoms with Crippen molar-refractivity contribution in [3.8, 4) is 11.3 Å². The molecule has 0 bridgehead atoms. The molecule has 114 valence electrons. The molecule has 0 aliphatic carbocycles. The lowest BCUT2D eigenvalue weighted by Crippen LogP contribution is -1.99. The van der Waals surface area contributed by atoms with Crippen molar-refractivity contribution in [1.82, 2.24) is 15.2 Å². The fourth-order valence-electron chi connectivity index (χ4n) is 1.92. The van der Waals surface area contributed by atoms with E-state index in [0.29, 0.717) is 21.3 Å². The lowest BCUT2D eigenvalue weighted by molar-refractivity contribution is 0.0693. The number of halogens is 1. The summed E-state index contributed by atoms with van der Waals surface area (Å²) >= 11 is 1.11. The highest BCUT2D eigenvalue weighted by Crippen LogP contribution is 2.28. The molecule has 0 spiro atoms. The Hall–Kier alpha value is -2.80. The molecule has 0 aliphatic rings. The lowest BCUT2D eigenvalue weighted by atomic mass is 10.2. The predicted molar refractivity (Wildman–Crippen MR) is 82.7 cm³/mol. The maximum atomic E-state index is 13.0. The third kappa shape index (κ3) is 3.51. The van der Waals surface area contributed by atoms with Gasteiger partial charge < -0.3 is 5.11 Å². The topological polar surface area (TPSA) is 76.0 Å². The summed E-state index contributed by atoms with van der Waals surface area (Å²) in [6, 6.07) is 12.5. The van der Waals surface area contributed by atoms with Crippen molar-refractivity contribution in [1.29, 1.82) is 0 Å². The summed E-state index contributed by atoms with van der Waals surface area (Å²) < 4.78 is 13.0. The molecule has 0 amide bonds. The second-order valence-electron chi connectivity index (χ2n) is 4.53. The van der Waals surface area contributed by atoms with Gasteiger partial charge in [-0.25, -0.2) is 14.2 Å². The SMILES string of the molecule is O=C(O)c1ccccc1Sc1nncc(-c2ccc(F)cc2)n1. The van der Waals surface area contributed by atoms with Crippen molar-refractivity contribution in [2.24, 2.45) is 0 Å². The van der Waals surface area contributed by atoms with E-state index in [1.807, 2.05) is 0 Å². The largest absolute Gasteiger partial charge is 0.478 e. The van der Waals surface area contributed by atoms with Gasteiger partial charge in [0.1, 0.15) is 5.82 Å². The maximum Gasteiger partial charge on any atom is 0.336 e. The summed E-state index contributed by atoms with van der Waals surface area (Å²) in [6.45, 7) is 0. The van der Waals surface area contributed by atoms with E-state index in [1.165, 1.54) is 24.4 Å². The summed E-state index contributed by atoms with van der Waals surface area (Å²) in [7, 11) is 0. The molecule has 0 atom stereocenters. The Morgan fingerprint density at radius 2 is 1.83 bits per heavy atom. The Kier molecular flexibility index (Phi) is 4.29. The van der Waals surface area contributed by atoms with Crippen LogP contribution in [-0.2, 0) is 0 Å². The molecule has 7 heteroatoms. The molecule has 1 N–H and O–H groups in total. The van der Waals surface area contributed by atoms with Crippen LogP contribution in [0, 0.1) is 5.82 Å². The lowest BCUT2D eigenvalue weighted by Gasteiger charge is -2.05. The molecule has 1 aromatic heterocycles. The van der Waals surface area contributed by atoms with Gasteiger partial charge in [0, 0.05) is 10.5 Å². The molecule has 0 unspecified atom stereocenters. The first-order chi connectivity index (χ1) is 11.1. The normalized spacial score (nSPS) is 10.5. The third-order valence-electron chi connectivity index (χ3n) is 3.00. The van der Waals surface area contributed by atoms with Crippen LogP contribution < -0.4 is 0 Å². The van der Waals surface area contributed by atoms with E-state index in [2.05, 4.69) is 15.2 Å². The molecular weight excluding hydrogens is 317 g/mol. The second kappa shape index (κ2) is 6.53. The minimum atomic E-state index is -1.02. The monoisotopic (exact) mass is 327 g/mol. The van der Waals surface area contributed by atoms with Gasteiger partial charge in [-0.15, -0.1) is 5.10 Å². The zero-order valence-corrected chi connectivity index (χ0v) is 12.5. The van der Waals surface area contributed by atoms with Crippen LogP contribution in [0.4, 0.5) is 4.39 Å². The molecule has 23 heavy (non-hydrogen) atoms. The van der Waals surface area contributed by atoms with Gasteiger partial charge in [-0.05, 0) is 48.2 Å². The zero-order valence-electron chi connectivity index (χ0n) is 11.7. The molecule has 0 aliphatic heterocycles. The van der Waals surface area contributed by atoms with Crippen LogP contribution in [0.15, 0.2) is 64.8 Å². The minimum Gasteiger partial charge on any atom is -0.478 e. The van der Waals surface area contributed by atoms with Crippen LogP contribution in [0.3, 0.4) is 0 Å². The van der Waals surface area contributed by atoms with Gasteiger partial charge in [0.05, 0.1) is 17.5 Å². The van der Waals surface area contributed by atoms with Crippen LogP contribution >= 0.6 is 11.8 Å². The van der Waals surface area contributed by atoms with Gasteiger partial charge in [0.2, 0.25) is 5.16 Å². The van der Waals surface area contributed by atoms with E-state index in [0.717, 1.165) is 11.8 Å². The van der Waals surface area contributed by atoms with Gasteiger partial charge in [0.15, 0.2) is 0 Å². The Labute approximate surface area is 135 Å². The van der Waals surface area contributed by atoms with Crippen molar-refractivity contribution in [3.63, 3.8) is 0 Å². The van der Waals surface area contributed by atoms with Crippen LogP contribution in [0.2, 0.25) is 0 Å². The molecule has 0 saturated carbocycles. The highest BCUT2D eigenvalue weighted by atomic mass is 32.2. The van der Waals surface area contributed by atoms with E-state index in [4.69, 9.17) is 0 Å². The summed E-state index contributed by atoms with van der Waals surface area (Å²) in [4.78, 5) is 16.1.